The van der Waals surface area contributed by atoms with Crippen LogP contribution in [0, 0.1) is 0 Å². The summed E-state index contributed by atoms with van der Waals surface area (Å²) < 4.78 is 5.12. The molecule has 0 radical (unpaired) electrons. The molecule has 0 unspecified atom stereocenters. The number of hydrogen-bond acceptors (Lipinski definition) is 6. The zero-order valence-electron chi connectivity index (χ0n) is 10.3. The van der Waals surface area contributed by atoms with E-state index in [2.05, 4.69) is 20.1 Å². The number of pyridine rings is 2. The first-order valence-electron chi connectivity index (χ1n) is 5.87. The lowest BCUT2D eigenvalue weighted by Gasteiger charge is -1.92. The van der Waals surface area contributed by atoms with Crippen LogP contribution in [0.5, 0.6) is 5.75 Å². The van der Waals surface area contributed by atoms with Crippen LogP contribution in [0.1, 0.15) is 11.5 Å². The third kappa shape index (κ3) is 2.69. The summed E-state index contributed by atoms with van der Waals surface area (Å²) in [7, 11) is 0. The van der Waals surface area contributed by atoms with Gasteiger partial charge in [0.1, 0.15) is 5.75 Å². The fraction of sp³-hybridized carbons (Fsp3) is 0. The molecule has 0 saturated heterocycles. The molecule has 3 aromatic heterocycles. The molecule has 3 heterocycles. The van der Waals surface area contributed by atoms with Crippen LogP contribution in [0.4, 0.5) is 0 Å². The van der Waals surface area contributed by atoms with Crippen LogP contribution in [0.3, 0.4) is 0 Å². The molecule has 0 aliphatic carbocycles. The third-order valence-electron chi connectivity index (χ3n) is 2.54. The van der Waals surface area contributed by atoms with E-state index in [1.54, 1.807) is 48.9 Å². The molecule has 0 bridgehead atoms. The summed E-state index contributed by atoms with van der Waals surface area (Å²) in [6.07, 6.45) is 9.71. The monoisotopic (exact) mass is 266 g/mol. The fourth-order valence-corrected chi connectivity index (χ4v) is 1.62. The Hall–Kier alpha value is -3.02. The van der Waals surface area contributed by atoms with E-state index in [0.717, 1.165) is 11.1 Å². The Morgan fingerprint density at radius 1 is 1.05 bits per heavy atom. The minimum atomic E-state index is 0.107. The Kier molecular flexibility index (Phi) is 3.20. The molecule has 3 aromatic rings. The maximum atomic E-state index is 9.31. The Morgan fingerprint density at radius 3 is 2.70 bits per heavy atom. The van der Waals surface area contributed by atoms with Gasteiger partial charge in [-0.2, -0.15) is 4.98 Å². The number of aromatic nitrogens is 4. The minimum absolute atomic E-state index is 0.107. The highest BCUT2D eigenvalue weighted by Crippen LogP contribution is 2.16. The van der Waals surface area contributed by atoms with E-state index in [1.807, 2.05) is 0 Å². The number of aromatic hydroxyl groups is 1. The Bertz CT molecular complexity index is 738. The second-order valence-electron chi connectivity index (χ2n) is 4.00. The van der Waals surface area contributed by atoms with Crippen LogP contribution in [-0.4, -0.2) is 25.2 Å². The lowest BCUT2D eigenvalue weighted by molar-refractivity contribution is 0.411. The summed E-state index contributed by atoms with van der Waals surface area (Å²) in [5.41, 5.74) is 1.58. The van der Waals surface area contributed by atoms with E-state index < -0.39 is 0 Å². The molecule has 0 amide bonds. The van der Waals surface area contributed by atoms with E-state index in [4.69, 9.17) is 4.52 Å². The van der Waals surface area contributed by atoms with Gasteiger partial charge in [0.25, 0.3) is 5.89 Å². The average molecular weight is 266 g/mol. The van der Waals surface area contributed by atoms with Gasteiger partial charge in [-0.05, 0) is 29.8 Å². The predicted molar refractivity (Wildman–Crippen MR) is 72.4 cm³/mol. The first-order chi connectivity index (χ1) is 9.81. The number of hydrogen-bond donors (Lipinski definition) is 1. The van der Waals surface area contributed by atoms with Gasteiger partial charge in [0.2, 0.25) is 5.82 Å². The molecule has 6 nitrogen and oxygen atoms in total. The molecule has 0 spiro atoms. The molecular formula is C14H10N4O2. The summed E-state index contributed by atoms with van der Waals surface area (Å²) in [4.78, 5) is 12.0. The zero-order chi connectivity index (χ0) is 13.8. The van der Waals surface area contributed by atoms with E-state index >= 15 is 0 Å². The van der Waals surface area contributed by atoms with Crippen molar-refractivity contribution >= 4 is 12.2 Å². The van der Waals surface area contributed by atoms with Crippen molar-refractivity contribution in [3.05, 3.63) is 54.4 Å². The van der Waals surface area contributed by atoms with Gasteiger partial charge in [0.05, 0.1) is 6.20 Å². The predicted octanol–water partition coefficient (Wildman–Crippen LogP) is 2.40. The van der Waals surface area contributed by atoms with Crippen LogP contribution in [-0.2, 0) is 0 Å². The third-order valence-corrected chi connectivity index (χ3v) is 2.54. The lowest BCUT2D eigenvalue weighted by Crippen LogP contribution is -1.80. The van der Waals surface area contributed by atoms with Crippen LogP contribution >= 0.6 is 0 Å². The highest BCUT2D eigenvalue weighted by molar-refractivity contribution is 5.67. The molecule has 1 N–H and O–H groups in total. The summed E-state index contributed by atoms with van der Waals surface area (Å²) in [6, 6.07) is 5.19. The van der Waals surface area contributed by atoms with E-state index in [9.17, 15) is 5.11 Å². The van der Waals surface area contributed by atoms with Crippen molar-refractivity contribution in [1.29, 1.82) is 0 Å². The van der Waals surface area contributed by atoms with E-state index in [0.29, 0.717) is 11.7 Å². The molecule has 20 heavy (non-hydrogen) atoms. The minimum Gasteiger partial charge on any atom is -0.506 e. The molecule has 0 aromatic carbocycles. The molecule has 3 rings (SSSR count). The Morgan fingerprint density at radius 2 is 1.90 bits per heavy atom. The Balaban J connectivity index is 1.81. The van der Waals surface area contributed by atoms with E-state index in [1.165, 1.54) is 6.20 Å². The second-order valence-corrected chi connectivity index (χ2v) is 4.00. The maximum absolute atomic E-state index is 9.31. The Labute approximate surface area is 114 Å². The van der Waals surface area contributed by atoms with Crippen molar-refractivity contribution in [2.45, 2.75) is 0 Å². The van der Waals surface area contributed by atoms with Gasteiger partial charge < -0.3 is 9.63 Å². The van der Waals surface area contributed by atoms with E-state index in [-0.39, 0.29) is 5.75 Å². The largest absolute Gasteiger partial charge is 0.506 e. The summed E-state index contributed by atoms with van der Waals surface area (Å²) in [5.74, 6) is 0.983. The highest BCUT2D eigenvalue weighted by atomic mass is 16.5. The van der Waals surface area contributed by atoms with Crippen molar-refractivity contribution in [3.8, 4) is 17.1 Å². The zero-order valence-corrected chi connectivity index (χ0v) is 10.3. The van der Waals surface area contributed by atoms with Crippen molar-refractivity contribution in [3.63, 3.8) is 0 Å². The van der Waals surface area contributed by atoms with Gasteiger partial charge in [-0.3, -0.25) is 9.97 Å². The summed E-state index contributed by atoms with van der Waals surface area (Å²) >= 11 is 0. The quantitative estimate of drug-likeness (QED) is 0.783. The van der Waals surface area contributed by atoms with Gasteiger partial charge in [0, 0.05) is 30.2 Å². The first-order valence-corrected chi connectivity index (χ1v) is 5.87. The maximum Gasteiger partial charge on any atom is 0.250 e. The van der Waals surface area contributed by atoms with Gasteiger partial charge >= 0.3 is 0 Å². The van der Waals surface area contributed by atoms with Crippen molar-refractivity contribution in [2.24, 2.45) is 0 Å². The molecule has 0 fully saturated rings. The molecule has 0 aliphatic heterocycles. The van der Waals surface area contributed by atoms with Crippen LogP contribution < -0.4 is 0 Å². The van der Waals surface area contributed by atoms with Gasteiger partial charge in [-0.1, -0.05) is 5.16 Å². The number of rotatable bonds is 3. The molecule has 6 heteroatoms. The van der Waals surface area contributed by atoms with Crippen molar-refractivity contribution < 1.29 is 9.63 Å². The molecule has 0 aliphatic rings. The fourth-order valence-electron chi connectivity index (χ4n) is 1.62. The summed E-state index contributed by atoms with van der Waals surface area (Å²) in [6.45, 7) is 0. The number of nitrogens with zero attached hydrogens (tertiary/aromatic N) is 4. The SMILES string of the molecule is Oc1cncc(C=Cc2nc(-c3ccncc3)no2)c1. The average Bonchev–Trinajstić information content (AvgIpc) is 2.95. The first kappa shape index (κ1) is 12.0. The molecular weight excluding hydrogens is 256 g/mol. The lowest BCUT2D eigenvalue weighted by atomic mass is 10.2. The normalized spacial score (nSPS) is 11.0. The topological polar surface area (TPSA) is 84.9 Å². The standard InChI is InChI=1S/C14H10N4O2/c19-12-7-10(8-16-9-12)1-2-13-17-14(18-20-13)11-3-5-15-6-4-11/h1-9,19H. The molecule has 0 atom stereocenters. The second kappa shape index (κ2) is 5.31. The van der Waals surface area contributed by atoms with Crippen LogP contribution in [0.25, 0.3) is 23.5 Å². The van der Waals surface area contributed by atoms with Gasteiger partial charge in [0.15, 0.2) is 0 Å². The molecule has 98 valence electrons. The smallest absolute Gasteiger partial charge is 0.250 e. The van der Waals surface area contributed by atoms with Crippen LogP contribution in [0.15, 0.2) is 47.5 Å². The molecule has 0 saturated carbocycles. The van der Waals surface area contributed by atoms with Crippen LogP contribution in [0.2, 0.25) is 0 Å². The summed E-state index contributed by atoms with van der Waals surface area (Å²) in [5, 5.41) is 13.2. The van der Waals surface area contributed by atoms with Crippen molar-refractivity contribution in [1.82, 2.24) is 20.1 Å². The highest BCUT2D eigenvalue weighted by Gasteiger charge is 2.05. The van der Waals surface area contributed by atoms with Gasteiger partial charge in [-0.15, -0.1) is 0 Å². The van der Waals surface area contributed by atoms with Gasteiger partial charge in [-0.25, -0.2) is 0 Å². The van der Waals surface area contributed by atoms with Crippen molar-refractivity contribution in [2.75, 3.05) is 0 Å².